The molecular formula is C12H11ClF2N2O3. The molecule has 0 spiro atoms. The van der Waals surface area contributed by atoms with Crippen LogP contribution in [0, 0.1) is 11.6 Å². The molecule has 2 amide bonds. The first kappa shape index (κ1) is 14.7. The smallest absolute Gasteiger partial charge is 0.314 e. The predicted octanol–water partition coefficient (Wildman–Crippen LogP) is 1.15. The van der Waals surface area contributed by atoms with E-state index < -0.39 is 35.2 Å². The van der Waals surface area contributed by atoms with Gasteiger partial charge in [-0.1, -0.05) is 11.6 Å². The van der Waals surface area contributed by atoms with E-state index in [0.717, 1.165) is 17.0 Å². The van der Waals surface area contributed by atoms with E-state index in [1.165, 1.54) is 0 Å². The number of β-amino-alcohol motifs (C(OH)–C–C–N with tert-alkyl or cyclic N) is 1. The van der Waals surface area contributed by atoms with Gasteiger partial charge < -0.3 is 15.3 Å². The van der Waals surface area contributed by atoms with Crippen LogP contribution in [0.5, 0.6) is 0 Å². The minimum Gasteiger partial charge on any atom is -0.391 e. The highest BCUT2D eigenvalue weighted by molar-refractivity contribution is 6.39. The van der Waals surface area contributed by atoms with Crippen LogP contribution in [-0.2, 0) is 9.59 Å². The van der Waals surface area contributed by atoms with Crippen LogP contribution >= 0.6 is 11.6 Å². The molecule has 1 aliphatic heterocycles. The van der Waals surface area contributed by atoms with Crippen molar-refractivity contribution in [2.75, 3.05) is 18.4 Å². The predicted molar refractivity (Wildman–Crippen MR) is 67.2 cm³/mol. The van der Waals surface area contributed by atoms with E-state index >= 15 is 0 Å². The Kier molecular flexibility index (Phi) is 4.20. The van der Waals surface area contributed by atoms with Crippen LogP contribution in [0.3, 0.4) is 0 Å². The number of amides is 2. The van der Waals surface area contributed by atoms with Crippen molar-refractivity contribution in [3.63, 3.8) is 0 Å². The number of hydrogen-bond donors (Lipinski definition) is 2. The van der Waals surface area contributed by atoms with Crippen LogP contribution in [0.15, 0.2) is 12.1 Å². The van der Waals surface area contributed by atoms with Gasteiger partial charge in [-0.3, -0.25) is 9.59 Å². The van der Waals surface area contributed by atoms with Gasteiger partial charge in [-0.05, 0) is 18.6 Å². The Hall–Kier alpha value is -1.73. The van der Waals surface area contributed by atoms with Crippen molar-refractivity contribution in [2.45, 2.75) is 12.5 Å². The molecule has 1 heterocycles. The Morgan fingerprint density at radius 1 is 1.35 bits per heavy atom. The van der Waals surface area contributed by atoms with Gasteiger partial charge in [-0.2, -0.15) is 0 Å². The maximum atomic E-state index is 13.5. The lowest BCUT2D eigenvalue weighted by Crippen LogP contribution is -2.39. The van der Waals surface area contributed by atoms with E-state index in [9.17, 15) is 23.5 Å². The number of aliphatic hydroxyl groups is 1. The molecule has 2 N–H and O–H groups in total. The minimum absolute atomic E-state index is 0.0256. The van der Waals surface area contributed by atoms with Crippen molar-refractivity contribution < 1.29 is 23.5 Å². The Balaban J connectivity index is 2.10. The second kappa shape index (κ2) is 5.72. The molecule has 1 aromatic rings. The second-order valence-corrected chi connectivity index (χ2v) is 4.83. The molecule has 20 heavy (non-hydrogen) atoms. The fourth-order valence-corrected chi connectivity index (χ4v) is 2.09. The summed E-state index contributed by atoms with van der Waals surface area (Å²) in [5, 5.41) is 11.0. The van der Waals surface area contributed by atoms with Gasteiger partial charge in [0, 0.05) is 18.1 Å². The van der Waals surface area contributed by atoms with Crippen LogP contribution in [-0.4, -0.2) is 41.0 Å². The van der Waals surface area contributed by atoms with Gasteiger partial charge in [-0.25, -0.2) is 8.78 Å². The Morgan fingerprint density at radius 3 is 2.45 bits per heavy atom. The van der Waals surface area contributed by atoms with Crippen molar-refractivity contribution in [3.8, 4) is 0 Å². The van der Waals surface area contributed by atoms with Crippen LogP contribution in [0.25, 0.3) is 0 Å². The molecule has 8 heteroatoms. The summed E-state index contributed by atoms with van der Waals surface area (Å²) in [5.74, 6) is -4.26. The molecule has 0 aromatic heterocycles. The third kappa shape index (κ3) is 3.05. The van der Waals surface area contributed by atoms with Gasteiger partial charge >= 0.3 is 11.8 Å². The topological polar surface area (TPSA) is 69.6 Å². The lowest BCUT2D eigenvalue weighted by atomic mass is 10.3. The second-order valence-electron chi connectivity index (χ2n) is 4.39. The van der Waals surface area contributed by atoms with Crippen molar-refractivity contribution in [3.05, 3.63) is 28.8 Å². The first-order valence-corrected chi connectivity index (χ1v) is 6.19. The Morgan fingerprint density at radius 2 is 1.95 bits per heavy atom. The molecule has 0 aliphatic carbocycles. The number of carbonyl (C=O) groups excluding carboxylic acids is 2. The average molecular weight is 305 g/mol. The maximum absolute atomic E-state index is 13.5. The molecule has 1 aliphatic rings. The number of benzene rings is 1. The van der Waals surface area contributed by atoms with Crippen LogP contribution in [0.2, 0.25) is 5.02 Å². The fourth-order valence-electron chi connectivity index (χ4n) is 1.90. The van der Waals surface area contributed by atoms with Gasteiger partial charge in [0.1, 0.15) is 5.69 Å². The molecule has 2 rings (SSSR count). The average Bonchev–Trinajstić information content (AvgIpc) is 2.79. The molecule has 108 valence electrons. The number of halogens is 3. The summed E-state index contributed by atoms with van der Waals surface area (Å²) in [4.78, 5) is 24.5. The number of carbonyl (C=O) groups is 2. The van der Waals surface area contributed by atoms with Crippen LogP contribution < -0.4 is 5.32 Å². The first-order valence-electron chi connectivity index (χ1n) is 5.81. The molecule has 1 atom stereocenters. The van der Waals surface area contributed by atoms with Gasteiger partial charge in [-0.15, -0.1) is 0 Å². The quantitative estimate of drug-likeness (QED) is 0.765. The molecule has 0 bridgehead atoms. The summed E-state index contributed by atoms with van der Waals surface area (Å²) in [6, 6.07) is 1.65. The largest absolute Gasteiger partial charge is 0.391 e. The van der Waals surface area contributed by atoms with E-state index in [-0.39, 0.29) is 18.1 Å². The van der Waals surface area contributed by atoms with Crippen molar-refractivity contribution in [2.24, 2.45) is 0 Å². The summed E-state index contributed by atoms with van der Waals surface area (Å²) >= 11 is 5.45. The maximum Gasteiger partial charge on any atom is 0.314 e. The summed E-state index contributed by atoms with van der Waals surface area (Å²) in [6.07, 6.45) is -0.321. The van der Waals surface area contributed by atoms with E-state index in [1.54, 1.807) is 0 Å². The van der Waals surface area contributed by atoms with Crippen molar-refractivity contribution in [1.82, 2.24) is 4.90 Å². The summed E-state index contributed by atoms with van der Waals surface area (Å²) in [7, 11) is 0. The van der Waals surface area contributed by atoms with E-state index in [4.69, 9.17) is 11.6 Å². The summed E-state index contributed by atoms with van der Waals surface area (Å²) < 4.78 is 26.9. The molecule has 1 saturated heterocycles. The van der Waals surface area contributed by atoms with E-state index in [2.05, 4.69) is 0 Å². The van der Waals surface area contributed by atoms with E-state index in [1.807, 2.05) is 5.32 Å². The molecule has 5 nitrogen and oxygen atoms in total. The molecular weight excluding hydrogens is 294 g/mol. The first-order chi connectivity index (χ1) is 9.38. The standard InChI is InChI=1S/C12H11ClF2N2O3/c13-6-3-8(14)10(9(15)4-6)16-11(19)12(20)17-2-1-7(18)5-17/h3-4,7,18H,1-2,5H2,(H,16,19)/t7-/m1/s1. The van der Waals surface area contributed by atoms with Crippen molar-refractivity contribution in [1.29, 1.82) is 0 Å². The number of nitrogens with one attached hydrogen (secondary N) is 1. The Labute approximate surface area is 118 Å². The van der Waals surface area contributed by atoms with Crippen molar-refractivity contribution >= 4 is 29.1 Å². The van der Waals surface area contributed by atoms with Gasteiger partial charge in [0.25, 0.3) is 0 Å². The SMILES string of the molecule is O=C(Nc1c(F)cc(Cl)cc1F)C(=O)N1CC[C@@H](O)C1. The molecule has 0 unspecified atom stereocenters. The monoisotopic (exact) mass is 304 g/mol. The van der Waals surface area contributed by atoms with Gasteiger partial charge in [0.2, 0.25) is 0 Å². The lowest BCUT2D eigenvalue weighted by molar-refractivity contribution is -0.142. The third-order valence-electron chi connectivity index (χ3n) is 2.89. The molecule has 0 radical (unpaired) electrons. The highest BCUT2D eigenvalue weighted by atomic mass is 35.5. The van der Waals surface area contributed by atoms with E-state index in [0.29, 0.717) is 6.42 Å². The summed E-state index contributed by atoms with van der Waals surface area (Å²) in [5.41, 5.74) is -0.729. The third-order valence-corrected chi connectivity index (χ3v) is 3.11. The number of nitrogens with zero attached hydrogens (tertiary/aromatic N) is 1. The number of anilines is 1. The molecule has 0 saturated carbocycles. The fraction of sp³-hybridized carbons (Fsp3) is 0.333. The number of hydrogen-bond acceptors (Lipinski definition) is 3. The zero-order valence-corrected chi connectivity index (χ0v) is 11.0. The van der Waals surface area contributed by atoms with Gasteiger partial charge in [0.05, 0.1) is 6.10 Å². The minimum atomic E-state index is -1.17. The summed E-state index contributed by atoms with van der Waals surface area (Å²) in [6.45, 7) is 0.247. The highest BCUT2D eigenvalue weighted by Gasteiger charge is 2.29. The number of likely N-dealkylation sites (tertiary alicyclic amines) is 1. The molecule has 1 aromatic carbocycles. The highest BCUT2D eigenvalue weighted by Crippen LogP contribution is 2.23. The van der Waals surface area contributed by atoms with Crippen LogP contribution in [0.1, 0.15) is 6.42 Å². The van der Waals surface area contributed by atoms with Crippen LogP contribution in [0.4, 0.5) is 14.5 Å². The Bertz CT molecular complexity index is 545. The lowest BCUT2D eigenvalue weighted by Gasteiger charge is -2.15. The zero-order chi connectivity index (χ0) is 14.9. The number of aliphatic hydroxyl groups excluding tert-OH is 1. The normalized spacial score (nSPS) is 18.2. The number of rotatable bonds is 1. The molecule has 1 fully saturated rings. The zero-order valence-electron chi connectivity index (χ0n) is 10.2. The van der Waals surface area contributed by atoms with Gasteiger partial charge in [0.15, 0.2) is 11.6 Å².